The number of carbonyl (C=O) groups is 1. The van der Waals surface area contributed by atoms with E-state index in [1.165, 1.54) is 0 Å². The van der Waals surface area contributed by atoms with Crippen LogP contribution in [0, 0.1) is 0 Å². The first kappa shape index (κ1) is 20.3. The number of nitrogens with one attached hydrogen (secondary N) is 1. The SMILES string of the molecule is CC(C)N(C(=O)c1cn(Cc2ccccc2)nn1)c1ccc(Nc2ccccc2)cc1. The fourth-order valence-electron chi connectivity index (χ4n) is 3.41. The van der Waals surface area contributed by atoms with E-state index in [4.69, 9.17) is 0 Å². The molecule has 0 aliphatic rings. The highest BCUT2D eigenvalue weighted by Gasteiger charge is 2.23. The lowest BCUT2D eigenvalue weighted by Gasteiger charge is -2.26. The fraction of sp³-hybridized carbons (Fsp3) is 0.160. The molecule has 0 saturated heterocycles. The summed E-state index contributed by atoms with van der Waals surface area (Å²) in [6.45, 7) is 4.55. The summed E-state index contributed by atoms with van der Waals surface area (Å²) in [7, 11) is 0. The number of aromatic nitrogens is 3. The molecule has 31 heavy (non-hydrogen) atoms. The Morgan fingerprint density at radius 3 is 2.16 bits per heavy atom. The third-order valence-electron chi connectivity index (χ3n) is 4.89. The molecule has 156 valence electrons. The molecular formula is C25H25N5O. The van der Waals surface area contributed by atoms with E-state index in [1.807, 2.05) is 98.8 Å². The van der Waals surface area contributed by atoms with Crippen LogP contribution in [-0.4, -0.2) is 26.9 Å². The molecule has 1 N–H and O–H groups in total. The van der Waals surface area contributed by atoms with Crippen molar-refractivity contribution >= 4 is 23.0 Å². The Bertz CT molecular complexity index is 1120. The Balaban J connectivity index is 1.50. The lowest BCUT2D eigenvalue weighted by atomic mass is 10.2. The monoisotopic (exact) mass is 411 g/mol. The van der Waals surface area contributed by atoms with E-state index in [9.17, 15) is 4.79 Å². The maximum atomic E-state index is 13.2. The van der Waals surface area contributed by atoms with Gasteiger partial charge in [0.15, 0.2) is 5.69 Å². The first-order chi connectivity index (χ1) is 15.1. The average Bonchev–Trinajstić information content (AvgIpc) is 3.25. The van der Waals surface area contributed by atoms with Crippen LogP contribution in [0.25, 0.3) is 0 Å². The van der Waals surface area contributed by atoms with Crippen LogP contribution in [0.15, 0.2) is 91.1 Å². The van der Waals surface area contributed by atoms with Gasteiger partial charge in [0.2, 0.25) is 0 Å². The van der Waals surface area contributed by atoms with Crippen molar-refractivity contribution in [2.45, 2.75) is 26.4 Å². The largest absolute Gasteiger partial charge is 0.356 e. The number of rotatable bonds is 7. The molecule has 0 spiro atoms. The summed E-state index contributed by atoms with van der Waals surface area (Å²) in [5.41, 5.74) is 4.22. The number of carbonyl (C=O) groups excluding carboxylic acids is 1. The number of amides is 1. The zero-order valence-corrected chi connectivity index (χ0v) is 17.6. The van der Waals surface area contributed by atoms with Crippen molar-refractivity contribution in [3.05, 3.63) is 102 Å². The minimum absolute atomic E-state index is 0.0281. The molecule has 0 atom stereocenters. The van der Waals surface area contributed by atoms with Gasteiger partial charge in [-0.2, -0.15) is 0 Å². The second kappa shape index (κ2) is 9.26. The standard InChI is InChI=1S/C25H25N5O/c1-19(2)30(23-15-13-22(14-16-23)26-21-11-7-4-8-12-21)25(31)24-18-29(28-27-24)17-20-9-5-3-6-10-20/h3-16,18-19,26H,17H2,1-2H3. The predicted octanol–water partition coefficient (Wildman–Crippen LogP) is 5.13. The number of anilines is 3. The highest BCUT2D eigenvalue weighted by atomic mass is 16.2. The minimum Gasteiger partial charge on any atom is -0.356 e. The fourth-order valence-corrected chi connectivity index (χ4v) is 3.41. The maximum absolute atomic E-state index is 13.2. The van der Waals surface area contributed by atoms with Gasteiger partial charge >= 0.3 is 0 Å². The van der Waals surface area contributed by atoms with E-state index in [1.54, 1.807) is 15.8 Å². The summed E-state index contributed by atoms with van der Waals surface area (Å²) < 4.78 is 1.69. The van der Waals surface area contributed by atoms with Crippen molar-refractivity contribution in [1.82, 2.24) is 15.0 Å². The highest BCUT2D eigenvalue weighted by Crippen LogP contribution is 2.24. The maximum Gasteiger partial charge on any atom is 0.280 e. The molecule has 6 heteroatoms. The van der Waals surface area contributed by atoms with Crippen LogP contribution in [0.2, 0.25) is 0 Å². The zero-order chi connectivity index (χ0) is 21.6. The van der Waals surface area contributed by atoms with Crippen molar-refractivity contribution in [1.29, 1.82) is 0 Å². The van der Waals surface area contributed by atoms with Crippen molar-refractivity contribution in [2.24, 2.45) is 0 Å². The lowest BCUT2D eigenvalue weighted by molar-refractivity contribution is 0.0975. The Kier molecular flexibility index (Phi) is 6.08. The molecular weight excluding hydrogens is 386 g/mol. The first-order valence-corrected chi connectivity index (χ1v) is 10.3. The van der Waals surface area contributed by atoms with Crippen LogP contribution in [0.5, 0.6) is 0 Å². The molecule has 0 radical (unpaired) electrons. The van der Waals surface area contributed by atoms with E-state index in [2.05, 4.69) is 15.6 Å². The Labute approximate surface area is 182 Å². The van der Waals surface area contributed by atoms with Gasteiger partial charge < -0.3 is 10.2 Å². The minimum atomic E-state index is -0.168. The third-order valence-corrected chi connectivity index (χ3v) is 4.89. The molecule has 1 amide bonds. The van der Waals surface area contributed by atoms with Gasteiger partial charge in [-0.15, -0.1) is 5.10 Å². The zero-order valence-electron chi connectivity index (χ0n) is 17.6. The van der Waals surface area contributed by atoms with Gasteiger partial charge in [-0.25, -0.2) is 4.68 Å². The van der Waals surface area contributed by atoms with Gasteiger partial charge in [0.1, 0.15) is 0 Å². The Morgan fingerprint density at radius 1 is 0.903 bits per heavy atom. The smallest absolute Gasteiger partial charge is 0.280 e. The summed E-state index contributed by atoms with van der Waals surface area (Å²) in [5.74, 6) is -0.168. The second-order valence-corrected chi connectivity index (χ2v) is 7.59. The third kappa shape index (κ3) is 4.98. The van der Waals surface area contributed by atoms with Gasteiger partial charge in [0, 0.05) is 23.1 Å². The normalized spacial score (nSPS) is 10.8. The highest BCUT2D eigenvalue weighted by molar-refractivity contribution is 6.05. The topological polar surface area (TPSA) is 63.1 Å². The number of benzene rings is 3. The summed E-state index contributed by atoms with van der Waals surface area (Å²) in [4.78, 5) is 15.0. The molecule has 6 nitrogen and oxygen atoms in total. The summed E-state index contributed by atoms with van der Waals surface area (Å²) in [6.07, 6.45) is 1.70. The molecule has 1 heterocycles. The molecule has 3 aromatic carbocycles. The molecule has 0 bridgehead atoms. The average molecular weight is 412 g/mol. The molecule has 1 aromatic heterocycles. The van der Waals surface area contributed by atoms with Crippen LogP contribution in [-0.2, 0) is 6.54 Å². The van der Waals surface area contributed by atoms with Crippen LogP contribution < -0.4 is 10.2 Å². The van der Waals surface area contributed by atoms with Crippen molar-refractivity contribution in [3.8, 4) is 0 Å². The van der Waals surface area contributed by atoms with E-state index in [0.29, 0.717) is 12.2 Å². The first-order valence-electron chi connectivity index (χ1n) is 10.3. The quantitative estimate of drug-likeness (QED) is 0.458. The van der Waals surface area contributed by atoms with E-state index < -0.39 is 0 Å². The number of nitrogens with zero attached hydrogens (tertiary/aromatic N) is 4. The van der Waals surface area contributed by atoms with Gasteiger partial charge in [-0.1, -0.05) is 53.7 Å². The van der Waals surface area contributed by atoms with Crippen LogP contribution in [0.3, 0.4) is 0 Å². The van der Waals surface area contributed by atoms with Crippen LogP contribution in [0.4, 0.5) is 17.1 Å². The summed E-state index contributed by atoms with van der Waals surface area (Å²) in [6, 6.07) is 27.8. The lowest BCUT2D eigenvalue weighted by Crippen LogP contribution is -2.37. The van der Waals surface area contributed by atoms with E-state index in [0.717, 1.165) is 22.6 Å². The van der Waals surface area contributed by atoms with Crippen molar-refractivity contribution < 1.29 is 4.79 Å². The van der Waals surface area contributed by atoms with Gasteiger partial charge in [-0.3, -0.25) is 4.79 Å². The van der Waals surface area contributed by atoms with Gasteiger partial charge in [-0.05, 0) is 55.8 Å². The molecule has 0 fully saturated rings. The molecule has 0 aliphatic carbocycles. The molecule has 0 saturated carbocycles. The second-order valence-electron chi connectivity index (χ2n) is 7.59. The van der Waals surface area contributed by atoms with Crippen LogP contribution in [0.1, 0.15) is 29.9 Å². The Hall–Kier alpha value is -3.93. The Morgan fingerprint density at radius 2 is 1.52 bits per heavy atom. The molecule has 0 aliphatic heterocycles. The van der Waals surface area contributed by atoms with Gasteiger partial charge in [0.05, 0.1) is 12.7 Å². The molecule has 0 unspecified atom stereocenters. The van der Waals surface area contributed by atoms with Crippen LogP contribution >= 0.6 is 0 Å². The predicted molar refractivity (Wildman–Crippen MR) is 124 cm³/mol. The van der Waals surface area contributed by atoms with Crippen molar-refractivity contribution in [3.63, 3.8) is 0 Å². The van der Waals surface area contributed by atoms with E-state index in [-0.39, 0.29) is 11.9 Å². The molecule has 4 rings (SSSR count). The summed E-state index contributed by atoms with van der Waals surface area (Å²) >= 11 is 0. The summed E-state index contributed by atoms with van der Waals surface area (Å²) in [5, 5.41) is 11.6. The molecule has 4 aromatic rings. The van der Waals surface area contributed by atoms with Gasteiger partial charge in [0.25, 0.3) is 5.91 Å². The van der Waals surface area contributed by atoms with E-state index >= 15 is 0 Å². The number of hydrogen-bond acceptors (Lipinski definition) is 4. The number of para-hydroxylation sites is 1. The van der Waals surface area contributed by atoms with Crippen molar-refractivity contribution in [2.75, 3.05) is 10.2 Å². The number of hydrogen-bond donors (Lipinski definition) is 1.